The lowest BCUT2D eigenvalue weighted by Gasteiger charge is -2.06. The second-order valence-electron chi connectivity index (χ2n) is 5.22. The fourth-order valence-corrected chi connectivity index (χ4v) is 2.20. The van der Waals surface area contributed by atoms with Crippen LogP contribution in [0.1, 0.15) is 26.3 Å². The van der Waals surface area contributed by atoms with E-state index in [2.05, 4.69) is 5.32 Å². The van der Waals surface area contributed by atoms with Crippen LogP contribution in [0.2, 0.25) is 0 Å². The number of Topliss-reactive ketones (excluding diaryl/α,β-unsaturated/α-hetero) is 1. The summed E-state index contributed by atoms with van der Waals surface area (Å²) < 4.78 is 5.06. The molecule has 0 atom stereocenters. The molecule has 2 aromatic carbocycles. The summed E-state index contributed by atoms with van der Waals surface area (Å²) in [5, 5.41) is 11.7. The number of amides is 1. The largest absolute Gasteiger partial charge is 0.497 e. The van der Waals surface area contributed by atoms with Crippen molar-refractivity contribution in [3.8, 4) is 5.75 Å². The smallest absolute Gasteiger partial charge is 0.274 e. The number of ether oxygens (including phenoxy) is 1. The van der Waals surface area contributed by atoms with E-state index in [-0.39, 0.29) is 12.3 Å². The number of hydrogen-bond acceptors (Lipinski definition) is 5. The lowest BCUT2D eigenvalue weighted by molar-refractivity contribution is 0.0706. The molecule has 2 aromatic rings. The van der Waals surface area contributed by atoms with Crippen molar-refractivity contribution in [1.82, 2.24) is 10.8 Å². The maximum Gasteiger partial charge on any atom is 0.274 e. The van der Waals surface area contributed by atoms with Crippen LogP contribution in [0.15, 0.2) is 48.5 Å². The highest BCUT2D eigenvalue weighted by Gasteiger charge is 2.06. The lowest BCUT2D eigenvalue weighted by Crippen LogP contribution is -2.25. The van der Waals surface area contributed by atoms with Gasteiger partial charge < -0.3 is 10.1 Å². The van der Waals surface area contributed by atoms with E-state index in [1.807, 2.05) is 12.1 Å². The van der Waals surface area contributed by atoms with Crippen molar-refractivity contribution in [2.45, 2.75) is 6.42 Å². The first-order chi connectivity index (χ1) is 11.6. The molecule has 0 heterocycles. The van der Waals surface area contributed by atoms with Crippen LogP contribution in [0.25, 0.3) is 0 Å². The van der Waals surface area contributed by atoms with Gasteiger partial charge in [-0.3, -0.25) is 14.8 Å². The molecule has 0 aliphatic heterocycles. The normalized spacial score (nSPS) is 10.2. The molecule has 3 N–H and O–H groups in total. The van der Waals surface area contributed by atoms with Gasteiger partial charge in [-0.1, -0.05) is 12.1 Å². The number of nitrogens with one attached hydrogen (secondary N) is 2. The predicted molar refractivity (Wildman–Crippen MR) is 89.6 cm³/mol. The van der Waals surface area contributed by atoms with Crippen LogP contribution in [-0.2, 0) is 6.42 Å². The molecule has 0 saturated heterocycles. The van der Waals surface area contributed by atoms with Crippen LogP contribution in [0.5, 0.6) is 5.75 Å². The van der Waals surface area contributed by atoms with Gasteiger partial charge in [0.1, 0.15) is 5.75 Å². The van der Waals surface area contributed by atoms with Crippen molar-refractivity contribution in [1.29, 1.82) is 0 Å². The number of methoxy groups -OCH3 is 1. The van der Waals surface area contributed by atoms with Crippen LogP contribution in [0.3, 0.4) is 0 Å². The summed E-state index contributed by atoms with van der Waals surface area (Å²) in [6.45, 7) is 0.908. The topological polar surface area (TPSA) is 87.7 Å². The fraction of sp³-hybridized carbons (Fsp3) is 0.222. The van der Waals surface area contributed by atoms with Crippen LogP contribution in [-0.4, -0.2) is 37.1 Å². The Morgan fingerprint density at radius 2 is 1.62 bits per heavy atom. The number of carbonyl (C=O) groups is 2. The zero-order valence-corrected chi connectivity index (χ0v) is 13.4. The summed E-state index contributed by atoms with van der Waals surface area (Å²) in [7, 11) is 1.58. The molecular weight excluding hydrogens is 308 g/mol. The van der Waals surface area contributed by atoms with E-state index in [0.717, 1.165) is 17.7 Å². The zero-order chi connectivity index (χ0) is 17.4. The number of hydroxylamine groups is 1. The summed E-state index contributed by atoms with van der Waals surface area (Å²) in [5.41, 5.74) is 3.66. The summed E-state index contributed by atoms with van der Waals surface area (Å²) in [5.74, 6) is 0.204. The van der Waals surface area contributed by atoms with Crippen molar-refractivity contribution >= 4 is 11.7 Å². The van der Waals surface area contributed by atoms with E-state index in [1.54, 1.807) is 49.0 Å². The Hall–Kier alpha value is -2.70. The third-order valence-electron chi connectivity index (χ3n) is 3.61. The molecule has 0 fully saturated rings. The van der Waals surface area contributed by atoms with Gasteiger partial charge in [-0.15, -0.1) is 0 Å². The van der Waals surface area contributed by atoms with Gasteiger partial charge in [0.2, 0.25) is 0 Å². The highest BCUT2D eigenvalue weighted by atomic mass is 16.5. The van der Waals surface area contributed by atoms with Crippen LogP contribution in [0, 0.1) is 0 Å². The second kappa shape index (κ2) is 8.81. The van der Waals surface area contributed by atoms with Crippen LogP contribution in [0.4, 0.5) is 0 Å². The van der Waals surface area contributed by atoms with Gasteiger partial charge in [-0.05, 0) is 54.9 Å². The maximum absolute atomic E-state index is 12.0. The van der Waals surface area contributed by atoms with Crippen molar-refractivity contribution in [3.63, 3.8) is 0 Å². The molecule has 6 nitrogen and oxygen atoms in total. The van der Waals surface area contributed by atoms with Gasteiger partial charge in [0, 0.05) is 11.1 Å². The van der Waals surface area contributed by atoms with E-state index in [1.165, 1.54) is 0 Å². The first kappa shape index (κ1) is 17.7. The maximum atomic E-state index is 12.0. The van der Waals surface area contributed by atoms with Gasteiger partial charge >= 0.3 is 0 Å². The second-order valence-corrected chi connectivity index (χ2v) is 5.22. The van der Waals surface area contributed by atoms with Gasteiger partial charge in [0.05, 0.1) is 13.7 Å². The molecule has 0 unspecified atom stereocenters. The minimum atomic E-state index is -0.537. The molecule has 1 amide bonds. The standard InChI is InChI=1S/C18H20N2O4/c1-24-16-8-6-14(7-9-16)17(21)12-19-11-10-13-2-4-15(5-3-13)18(22)20-23/h2-9,19,23H,10-12H2,1H3,(H,20,22). The van der Waals surface area contributed by atoms with Crippen molar-refractivity contribution < 1.29 is 19.5 Å². The van der Waals surface area contributed by atoms with E-state index in [4.69, 9.17) is 9.94 Å². The molecule has 2 rings (SSSR count). The fourth-order valence-electron chi connectivity index (χ4n) is 2.20. The van der Waals surface area contributed by atoms with E-state index >= 15 is 0 Å². The summed E-state index contributed by atoms with van der Waals surface area (Å²) in [4.78, 5) is 23.3. The number of benzene rings is 2. The van der Waals surface area contributed by atoms with Gasteiger partial charge in [-0.25, -0.2) is 5.48 Å². The molecular formula is C18H20N2O4. The number of ketones is 1. The SMILES string of the molecule is COc1ccc(C(=O)CNCCc2ccc(C(=O)NO)cc2)cc1. The Bertz CT molecular complexity index is 681. The zero-order valence-electron chi connectivity index (χ0n) is 13.4. The average molecular weight is 328 g/mol. The lowest BCUT2D eigenvalue weighted by atomic mass is 10.1. The molecule has 0 aliphatic carbocycles. The van der Waals surface area contributed by atoms with Crippen molar-refractivity contribution in [2.24, 2.45) is 0 Å². The van der Waals surface area contributed by atoms with Gasteiger partial charge in [0.25, 0.3) is 5.91 Å². The molecule has 0 aliphatic rings. The van der Waals surface area contributed by atoms with Crippen LogP contribution >= 0.6 is 0 Å². The molecule has 0 bridgehead atoms. The molecule has 24 heavy (non-hydrogen) atoms. The van der Waals surface area contributed by atoms with Gasteiger partial charge in [0.15, 0.2) is 5.78 Å². The Morgan fingerprint density at radius 3 is 2.21 bits per heavy atom. The number of carbonyl (C=O) groups excluding carboxylic acids is 2. The molecule has 6 heteroatoms. The van der Waals surface area contributed by atoms with Crippen molar-refractivity contribution in [2.75, 3.05) is 20.2 Å². The first-order valence-corrected chi connectivity index (χ1v) is 7.55. The Morgan fingerprint density at radius 1 is 1.00 bits per heavy atom. The quantitative estimate of drug-likeness (QED) is 0.298. The Kier molecular flexibility index (Phi) is 6.48. The minimum absolute atomic E-state index is 0.0209. The summed E-state index contributed by atoms with van der Waals surface area (Å²) >= 11 is 0. The molecule has 126 valence electrons. The van der Waals surface area contributed by atoms with Crippen LogP contribution < -0.4 is 15.5 Å². The minimum Gasteiger partial charge on any atom is -0.497 e. The number of rotatable bonds is 8. The van der Waals surface area contributed by atoms with Gasteiger partial charge in [-0.2, -0.15) is 0 Å². The summed E-state index contributed by atoms with van der Waals surface area (Å²) in [6.07, 6.45) is 0.733. The third kappa shape index (κ3) is 4.91. The molecule has 0 aromatic heterocycles. The molecule has 0 spiro atoms. The summed E-state index contributed by atoms with van der Waals surface area (Å²) in [6, 6.07) is 13.9. The highest BCUT2D eigenvalue weighted by Crippen LogP contribution is 2.11. The average Bonchev–Trinajstić information content (AvgIpc) is 2.65. The molecule has 0 radical (unpaired) electrons. The predicted octanol–water partition coefficient (Wildman–Crippen LogP) is 1.83. The van der Waals surface area contributed by atoms with E-state index in [0.29, 0.717) is 17.7 Å². The molecule has 0 saturated carbocycles. The monoisotopic (exact) mass is 328 g/mol. The van der Waals surface area contributed by atoms with Crippen molar-refractivity contribution in [3.05, 3.63) is 65.2 Å². The van der Waals surface area contributed by atoms with E-state index in [9.17, 15) is 9.59 Å². The first-order valence-electron chi connectivity index (χ1n) is 7.55. The Balaban J connectivity index is 1.75. The highest BCUT2D eigenvalue weighted by molar-refractivity contribution is 5.97. The number of hydrogen-bond donors (Lipinski definition) is 3. The third-order valence-corrected chi connectivity index (χ3v) is 3.61. The van der Waals surface area contributed by atoms with E-state index < -0.39 is 5.91 Å². The Labute approximate surface area is 140 Å².